The van der Waals surface area contributed by atoms with Crippen LogP contribution in [0.3, 0.4) is 0 Å². The van der Waals surface area contributed by atoms with Crippen LogP contribution in [0.5, 0.6) is 0 Å². The van der Waals surface area contributed by atoms with Crippen LogP contribution in [-0.2, 0) is 16.1 Å². The molecule has 3 rings (SSSR count). The predicted octanol–water partition coefficient (Wildman–Crippen LogP) is 2.01. The minimum absolute atomic E-state index is 0. The summed E-state index contributed by atoms with van der Waals surface area (Å²) in [7, 11) is 0. The van der Waals surface area contributed by atoms with Crippen LogP contribution in [0.1, 0.15) is 11.4 Å². The second kappa shape index (κ2) is 9.64. The molecule has 1 aromatic heterocycles. The predicted molar refractivity (Wildman–Crippen MR) is 98.2 cm³/mol. The molecule has 8 heteroatoms. The second-order valence-corrected chi connectivity index (χ2v) is 5.31. The molecule has 1 aliphatic heterocycles. The van der Waals surface area contributed by atoms with E-state index in [1.807, 2.05) is 42.0 Å². The highest BCUT2D eigenvalue weighted by molar-refractivity contribution is 5.95. The Bertz CT molecular complexity index is 657. The fraction of sp³-hybridized carbons (Fsp3) is 0.375. The van der Waals surface area contributed by atoms with Crippen LogP contribution in [0.2, 0.25) is 0 Å². The summed E-state index contributed by atoms with van der Waals surface area (Å²) in [4.78, 5) is 16.5. The number of anilines is 1. The molecule has 24 heavy (non-hydrogen) atoms. The third kappa shape index (κ3) is 4.95. The number of hydrogen-bond acceptors (Lipinski definition) is 4. The topological polar surface area (TPSA) is 68.2 Å². The van der Waals surface area contributed by atoms with Gasteiger partial charge in [0.25, 0.3) is 5.91 Å². The van der Waals surface area contributed by atoms with Crippen molar-refractivity contribution in [2.24, 2.45) is 0 Å². The van der Waals surface area contributed by atoms with E-state index in [-0.39, 0.29) is 30.7 Å². The molecule has 6 nitrogen and oxygen atoms in total. The number of carbonyl (C=O) groups excluding carboxylic acids is 1. The maximum atomic E-state index is 12.3. The van der Waals surface area contributed by atoms with Gasteiger partial charge in [0.2, 0.25) is 0 Å². The molecule has 1 fully saturated rings. The number of nitrogens with zero attached hydrogens (tertiary/aromatic N) is 2. The van der Waals surface area contributed by atoms with Crippen molar-refractivity contribution in [3.8, 4) is 0 Å². The molecule has 1 saturated heterocycles. The first-order chi connectivity index (χ1) is 10.7. The number of amides is 1. The van der Waals surface area contributed by atoms with E-state index in [1.165, 1.54) is 0 Å². The highest BCUT2D eigenvalue weighted by Crippen LogP contribution is 2.18. The number of benzene rings is 1. The number of hydrogen-bond donors (Lipinski definition) is 2. The lowest BCUT2D eigenvalue weighted by Gasteiger charge is -2.23. The maximum Gasteiger partial charge on any atom is 0.254 e. The molecule has 1 unspecified atom stereocenters. The second-order valence-electron chi connectivity index (χ2n) is 5.31. The van der Waals surface area contributed by atoms with Crippen molar-refractivity contribution in [2.45, 2.75) is 19.6 Å². The number of imidazole rings is 1. The number of aryl methyl sites for hydroxylation is 1. The molecule has 0 aliphatic carbocycles. The van der Waals surface area contributed by atoms with Gasteiger partial charge < -0.3 is 19.9 Å². The standard InChI is InChI=1S/C16H20N4O2.2ClH/c1-12-18-6-8-20(12)11-13-4-2-3-5-14(13)19-16(21)15-10-17-7-9-22-15;;/h2-6,8,15,17H,7,9-11H2,1H3,(H,19,21);2*1H. The van der Waals surface area contributed by atoms with Gasteiger partial charge in [-0.2, -0.15) is 0 Å². The normalized spacial score (nSPS) is 16.6. The number of aromatic nitrogens is 2. The molecule has 0 spiro atoms. The number of carbonyl (C=O) groups is 1. The Hall–Kier alpha value is -1.60. The van der Waals surface area contributed by atoms with Gasteiger partial charge in [-0.3, -0.25) is 4.79 Å². The van der Waals surface area contributed by atoms with E-state index in [1.54, 1.807) is 6.20 Å². The molecule has 2 aromatic rings. The summed E-state index contributed by atoms with van der Waals surface area (Å²) in [6.45, 7) is 4.54. The Balaban J connectivity index is 0.00000144. The van der Waals surface area contributed by atoms with Crippen molar-refractivity contribution in [3.05, 3.63) is 48.0 Å². The quantitative estimate of drug-likeness (QED) is 0.861. The van der Waals surface area contributed by atoms with E-state index in [4.69, 9.17) is 4.74 Å². The summed E-state index contributed by atoms with van der Waals surface area (Å²) in [6, 6.07) is 7.81. The van der Waals surface area contributed by atoms with Crippen molar-refractivity contribution < 1.29 is 9.53 Å². The minimum atomic E-state index is -0.434. The SMILES string of the molecule is Cc1nccn1Cc1ccccc1NC(=O)C1CNCCO1.Cl.Cl. The fourth-order valence-corrected chi connectivity index (χ4v) is 2.48. The fourth-order valence-electron chi connectivity index (χ4n) is 2.48. The van der Waals surface area contributed by atoms with Crippen molar-refractivity contribution in [1.29, 1.82) is 0 Å². The van der Waals surface area contributed by atoms with Gasteiger partial charge in [-0.25, -0.2) is 4.98 Å². The zero-order valence-corrected chi connectivity index (χ0v) is 15.0. The summed E-state index contributed by atoms with van der Waals surface area (Å²) in [5, 5.41) is 6.14. The Kier molecular flexibility index (Phi) is 8.21. The average Bonchev–Trinajstić information content (AvgIpc) is 2.95. The van der Waals surface area contributed by atoms with Gasteiger partial charge in [-0.05, 0) is 18.6 Å². The van der Waals surface area contributed by atoms with E-state index in [9.17, 15) is 4.79 Å². The average molecular weight is 373 g/mol. The maximum absolute atomic E-state index is 12.3. The van der Waals surface area contributed by atoms with Gasteiger partial charge in [0, 0.05) is 31.2 Å². The monoisotopic (exact) mass is 372 g/mol. The van der Waals surface area contributed by atoms with Crippen molar-refractivity contribution >= 4 is 36.4 Å². The van der Waals surface area contributed by atoms with Crippen molar-refractivity contribution in [3.63, 3.8) is 0 Å². The van der Waals surface area contributed by atoms with Gasteiger partial charge in [0.1, 0.15) is 11.9 Å². The molecule has 132 valence electrons. The van der Waals surface area contributed by atoms with Gasteiger partial charge in [-0.15, -0.1) is 24.8 Å². The molecule has 0 radical (unpaired) electrons. The van der Waals surface area contributed by atoms with E-state index < -0.39 is 6.10 Å². The molecule has 2 N–H and O–H groups in total. The first-order valence-electron chi connectivity index (χ1n) is 7.43. The molecule has 1 atom stereocenters. The summed E-state index contributed by atoms with van der Waals surface area (Å²) in [5.41, 5.74) is 1.86. The van der Waals surface area contributed by atoms with Gasteiger partial charge in [0.15, 0.2) is 0 Å². The summed E-state index contributed by atoms with van der Waals surface area (Å²) in [5.74, 6) is 0.836. The highest BCUT2D eigenvalue weighted by Gasteiger charge is 2.22. The molecule has 1 aromatic carbocycles. The van der Waals surface area contributed by atoms with Crippen LogP contribution < -0.4 is 10.6 Å². The number of para-hydroxylation sites is 1. The van der Waals surface area contributed by atoms with E-state index in [0.717, 1.165) is 23.6 Å². The Labute approximate surface area is 153 Å². The van der Waals surface area contributed by atoms with E-state index in [0.29, 0.717) is 19.7 Å². The Morgan fingerprint density at radius 1 is 1.42 bits per heavy atom. The van der Waals surface area contributed by atoms with Crippen LogP contribution in [-0.4, -0.2) is 41.3 Å². The molecule has 1 aliphatic rings. The van der Waals surface area contributed by atoms with Gasteiger partial charge >= 0.3 is 0 Å². The lowest BCUT2D eigenvalue weighted by molar-refractivity contribution is -0.128. The lowest BCUT2D eigenvalue weighted by Crippen LogP contribution is -2.45. The molecular formula is C16H22Cl2N4O2. The van der Waals surface area contributed by atoms with E-state index >= 15 is 0 Å². The lowest BCUT2D eigenvalue weighted by atomic mass is 10.1. The van der Waals surface area contributed by atoms with Gasteiger partial charge in [-0.1, -0.05) is 18.2 Å². The third-order valence-corrected chi connectivity index (χ3v) is 3.76. The highest BCUT2D eigenvalue weighted by atomic mass is 35.5. The molecule has 2 heterocycles. The number of morpholine rings is 1. The molecule has 0 saturated carbocycles. The smallest absolute Gasteiger partial charge is 0.254 e. The Morgan fingerprint density at radius 2 is 2.21 bits per heavy atom. The van der Waals surface area contributed by atoms with Crippen molar-refractivity contribution in [2.75, 3.05) is 25.0 Å². The van der Waals surface area contributed by atoms with Crippen LogP contribution in [0.15, 0.2) is 36.7 Å². The molecular weight excluding hydrogens is 351 g/mol. The summed E-state index contributed by atoms with van der Waals surface area (Å²) >= 11 is 0. The summed E-state index contributed by atoms with van der Waals surface area (Å²) < 4.78 is 7.53. The number of rotatable bonds is 4. The van der Waals surface area contributed by atoms with Crippen LogP contribution in [0, 0.1) is 6.92 Å². The zero-order valence-electron chi connectivity index (χ0n) is 13.4. The first kappa shape index (κ1) is 20.4. The summed E-state index contributed by atoms with van der Waals surface area (Å²) in [6.07, 6.45) is 3.27. The van der Waals surface area contributed by atoms with Crippen LogP contribution in [0.4, 0.5) is 5.69 Å². The Morgan fingerprint density at radius 3 is 2.88 bits per heavy atom. The number of ether oxygens (including phenoxy) is 1. The van der Waals surface area contributed by atoms with E-state index in [2.05, 4.69) is 15.6 Å². The first-order valence-corrected chi connectivity index (χ1v) is 7.43. The van der Waals surface area contributed by atoms with Gasteiger partial charge in [0.05, 0.1) is 13.2 Å². The number of halogens is 2. The molecule has 1 amide bonds. The van der Waals surface area contributed by atoms with Crippen molar-refractivity contribution in [1.82, 2.24) is 14.9 Å². The third-order valence-electron chi connectivity index (χ3n) is 3.76. The largest absolute Gasteiger partial charge is 0.366 e. The molecule has 0 bridgehead atoms. The van der Waals surface area contributed by atoms with Crippen LogP contribution in [0.25, 0.3) is 0 Å². The van der Waals surface area contributed by atoms with Crippen LogP contribution >= 0.6 is 24.8 Å². The number of nitrogens with one attached hydrogen (secondary N) is 2. The zero-order chi connectivity index (χ0) is 15.4. The minimum Gasteiger partial charge on any atom is -0.366 e.